The summed E-state index contributed by atoms with van der Waals surface area (Å²) in [5.74, 6) is 0.914. The number of ketones is 1. The number of carbonyl (C=O) groups is 1. The van der Waals surface area contributed by atoms with Crippen LogP contribution >= 0.6 is 34.5 Å². The zero-order valence-electron chi connectivity index (χ0n) is 20.6. The van der Waals surface area contributed by atoms with E-state index in [4.69, 9.17) is 27.6 Å². The Morgan fingerprint density at radius 3 is 2.51 bits per heavy atom. The number of benzene rings is 2. The minimum Gasteiger partial charge on any atom is -0.457 e. The molecule has 0 saturated heterocycles. The summed E-state index contributed by atoms with van der Waals surface area (Å²) < 4.78 is 8.03. The lowest BCUT2D eigenvalue weighted by molar-refractivity contribution is -0.114. The van der Waals surface area contributed by atoms with E-state index in [9.17, 15) is 9.59 Å². The van der Waals surface area contributed by atoms with E-state index in [2.05, 4.69) is 4.99 Å². The van der Waals surface area contributed by atoms with Gasteiger partial charge in [-0.2, -0.15) is 0 Å². The van der Waals surface area contributed by atoms with Gasteiger partial charge in [-0.25, -0.2) is 4.99 Å². The van der Waals surface area contributed by atoms with E-state index < -0.39 is 6.04 Å². The van der Waals surface area contributed by atoms with E-state index in [1.165, 1.54) is 18.3 Å². The molecule has 0 spiro atoms. The van der Waals surface area contributed by atoms with Gasteiger partial charge in [0.15, 0.2) is 10.6 Å². The summed E-state index contributed by atoms with van der Waals surface area (Å²) in [7, 11) is 3.92. The van der Waals surface area contributed by atoms with E-state index in [0.29, 0.717) is 47.7 Å². The largest absolute Gasteiger partial charge is 0.457 e. The first kappa shape index (κ1) is 25.3. The summed E-state index contributed by atoms with van der Waals surface area (Å²) in [5.41, 5.74) is 3.40. The Balaban J connectivity index is 1.63. The topological polar surface area (TPSA) is 67.8 Å². The molecule has 0 saturated carbocycles. The van der Waals surface area contributed by atoms with Gasteiger partial charge in [-0.3, -0.25) is 14.2 Å². The highest BCUT2D eigenvalue weighted by Gasteiger charge is 2.30. The van der Waals surface area contributed by atoms with Gasteiger partial charge in [0.05, 0.1) is 15.6 Å². The number of allylic oxidation sites excluding steroid dienone is 2. The van der Waals surface area contributed by atoms with Gasteiger partial charge in [-0.05, 0) is 61.9 Å². The summed E-state index contributed by atoms with van der Waals surface area (Å²) in [6.45, 7) is 3.32. The van der Waals surface area contributed by atoms with Crippen LogP contribution in [0, 0.1) is 0 Å². The summed E-state index contributed by atoms with van der Waals surface area (Å²) in [6.07, 6.45) is 1.69. The molecule has 3 heterocycles. The van der Waals surface area contributed by atoms with E-state index in [-0.39, 0.29) is 11.3 Å². The fraction of sp³-hybridized carbons (Fsp3) is 0.179. The molecule has 0 aliphatic carbocycles. The monoisotopic (exact) mass is 551 g/mol. The number of thiazole rings is 1. The molecule has 2 aromatic heterocycles. The number of nitrogens with zero attached hydrogens (tertiary/aromatic N) is 3. The van der Waals surface area contributed by atoms with Gasteiger partial charge in [0.2, 0.25) is 0 Å². The third-order valence-electron chi connectivity index (χ3n) is 6.22. The van der Waals surface area contributed by atoms with Crippen LogP contribution in [0.3, 0.4) is 0 Å². The lowest BCUT2D eigenvalue weighted by atomic mass is 9.93. The number of furan rings is 1. The molecular formula is C28H23Cl2N3O3S. The predicted molar refractivity (Wildman–Crippen MR) is 149 cm³/mol. The standard InChI is InChI=1S/C28H23Cl2N3O3S/c1-15-25(16(2)34)26(17-5-8-19(9-6-17)32(3)4)33-27(35)24(37-28(33)31-15)14-20-10-12-23(36-20)21-13-18(29)7-11-22(21)30/h5-14,26H,1-4H3/b24-14+/t26-/m0/s1. The number of rotatable bonds is 5. The van der Waals surface area contributed by atoms with Crippen molar-refractivity contribution in [1.82, 2.24) is 4.57 Å². The van der Waals surface area contributed by atoms with Crippen molar-refractivity contribution in [3.8, 4) is 11.3 Å². The van der Waals surface area contributed by atoms with E-state index in [0.717, 1.165) is 11.3 Å². The SMILES string of the molecule is CC(=O)C1=C(C)N=c2s/c(=C/c3ccc(-c4cc(Cl)ccc4Cl)o3)c(=O)n2[C@H]1c1ccc(N(C)C)cc1. The summed E-state index contributed by atoms with van der Waals surface area (Å²) in [4.78, 5) is 33.5. The molecule has 2 aromatic carbocycles. The highest BCUT2D eigenvalue weighted by molar-refractivity contribution is 7.07. The Morgan fingerprint density at radius 2 is 1.84 bits per heavy atom. The maximum absolute atomic E-state index is 13.7. The third-order valence-corrected chi connectivity index (χ3v) is 7.77. The van der Waals surface area contributed by atoms with Gasteiger partial charge in [-0.1, -0.05) is 46.7 Å². The van der Waals surface area contributed by atoms with Crippen molar-refractivity contribution in [1.29, 1.82) is 0 Å². The minimum absolute atomic E-state index is 0.119. The zero-order valence-corrected chi connectivity index (χ0v) is 22.9. The average Bonchev–Trinajstić information content (AvgIpc) is 3.44. The second kappa shape index (κ2) is 9.82. The second-order valence-corrected chi connectivity index (χ2v) is 10.8. The number of carbonyl (C=O) groups excluding carboxylic acids is 1. The molecule has 0 radical (unpaired) electrons. The molecule has 37 heavy (non-hydrogen) atoms. The molecule has 1 atom stereocenters. The van der Waals surface area contributed by atoms with Crippen LogP contribution in [-0.2, 0) is 4.79 Å². The van der Waals surface area contributed by atoms with Crippen molar-refractivity contribution in [2.75, 3.05) is 19.0 Å². The van der Waals surface area contributed by atoms with Gasteiger partial charge in [0.25, 0.3) is 5.56 Å². The fourth-order valence-electron chi connectivity index (χ4n) is 4.43. The maximum atomic E-state index is 13.7. The van der Waals surface area contributed by atoms with Crippen LogP contribution in [-0.4, -0.2) is 24.4 Å². The molecule has 6 nitrogen and oxygen atoms in total. The fourth-order valence-corrected chi connectivity index (χ4v) is 5.84. The van der Waals surface area contributed by atoms with Crippen molar-refractivity contribution in [3.05, 3.63) is 107 Å². The first-order chi connectivity index (χ1) is 17.6. The van der Waals surface area contributed by atoms with Gasteiger partial charge >= 0.3 is 0 Å². The molecule has 1 aliphatic heterocycles. The smallest absolute Gasteiger partial charge is 0.271 e. The Hall–Kier alpha value is -3.39. The Bertz CT molecular complexity index is 1740. The lowest BCUT2D eigenvalue weighted by Crippen LogP contribution is -2.39. The van der Waals surface area contributed by atoms with Gasteiger partial charge in [0.1, 0.15) is 11.5 Å². The van der Waals surface area contributed by atoms with Crippen molar-refractivity contribution < 1.29 is 9.21 Å². The first-order valence-electron chi connectivity index (χ1n) is 11.5. The lowest BCUT2D eigenvalue weighted by Gasteiger charge is -2.25. The van der Waals surface area contributed by atoms with Gasteiger partial charge in [0, 0.05) is 47.7 Å². The van der Waals surface area contributed by atoms with E-state index in [1.54, 1.807) is 41.0 Å². The molecule has 5 rings (SSSR count). The van der Waals surface area contributed by atoms with Crippen molar-refractivity contribution >= 4 is 52.1 Å². The zero-order chi connectivity index (χ0) is 26.4. The number of aromatic nitrogens is 1. The van der Waals surface area contributed by atoms with Crippen molar-refractivity contribution in [2.24, 2.45) is 4.99 Å². The summed E-state index contributed by atoms with van der Waals surface area (Å²) in [6, 6.07) is 16.0. The Morgan fingerprint density at radius 1 is 1.11 bits per heavy atom. The normalized spacial score (nSPS) is 15.5. The number of fused-ring (bicyclic) bond motifs is 1. The van der Waals surface area contributed by atoms with Crippen LogP contribution in [0.1, 0.15) is 31.2 Å². The van der Waals surface area contributed by atoms with Crippen LogP contribution in [0.5, 0.6) is 0 Å². The van der Waals surface area contributed by atoms with Crippen LogP contribution in [0.25, 0.3) is 17.4 Å². The number of Topliss-reactive ketones (excluding diaryl/α,β-unsaturated/α-hetero) is 1. The van der Waals surface area contributed by atoms with Gasteiger partial charge in [-0.15, -0.1) is 0 Å². The number of hydrogen-bond donors (Lipinski definition) is 0. The number of hydrogen-bond acceptors (Lipinski definition) is 6. The summed E-state index contributed by atoms with van der Waals surface area (Å²) in [5, 5.41) is 1.05. The predicted octanol–water partition coefficient (Wildman–Crippen LogP) is 5.46. The molecule has 0 fully saturated rings. The average molecular weight is 552 g/mol. The van der Waals surface area contributed by atoms with Crippen molar-refractivity contribution in [3.63, 3.8) is 0 Å². The molecule has 0 unspecified atom stereocenters. The molecule has 0 bridgehead atoms. The molecule has 4 aromatic rings. The Kier molecular flexibility index (Phi) is 6.70. The molecule has 0 N–H and O–H groups in total. The maximum Gasteiger partial charge on any atom is 0.271 e. The second-order valence-electron chi connectivity index (χ2n) is 8.95. The van der Waals surface area contributed by atoms with Crippen LogP contribution in [0.2, 0.25) is 10.0 Å². The number of anilines is 1. The third kappa shape index (κ3) is 4.70. The van der Waals surface area contributed by atoms with Crippen LogP contribution in [0.15, 0.2) is 80.1 Å². The molecule has 9 heteroatoms. The summed E-state index contributed by atoms with van der Waals surface area (Å²) >= 11 is 13.7. The highest BCUT2D eigenvalue weighted by Crippen LogP contribution is 2.33. The first-order valence-corrected chi connectivity index (χ1v) is 13.1. The van der Waals surface area contributed by atoms with Crippen LogP contribution < -0.4 is 19.8 Å². The van der Waals surface area contributed by atoms with Gasteiger partial charge < -0.3 is 9.32 Å². The number of halogens is 2. The molecule has 1 aliphatic rings. The quantitative estimate of drug-likeness (QED) is 0.330. The minimum atomic E-state index is -0.565. The Labute approximate surface area is 227 Å². The molecular weight excluding hydrogens is 529 g/mol. The van der Waals surface area contributed by atoms with Crippen molar-refractivity contribution in [2.45, 2.75) is 19.9 Å². The molecule has 188 valence electrons. The highest BCUT2D eigenvalue weighted by atomic mass is 35.5. The van der Waals surface area contributed by atoms with E-state index >= 15 is 0 Å². The van der Waals surface area contributed by atoms with Crippen LogP contribution in [0.4, 0.5) is 5.69 Å². The molecule has 0 amide bonds. The van der Waals surface area contributed by atoms with E-state index in [1.807, 2.05) is 50.2 Å².